The number of carbonyl (C=O) groups excluding carboxylic acids is 1. The number of benzene rings is 1. The zero-order valence-electron chi connectivity index (χ0n) is 11.1. The molecule has 1 aliphatic rings. The quantitative estimate of drug-likeness (QED) is 0.355. The van der Waals surface area contributed by atoms with E-state index in [4.69, 9.17) is 9.47 Å². The maximum Gasteiger partial charge on any atom is 0.314 e. The molecule has 1 aliphatic heterocycles. The van der Waals surface area contributed by atoms with Crippen LogP contribution in [-0.4, -0.2) is 16.5 Å². The van der Waals surface area contributed by atoms with Crippen molar-refractivity contribution in [1.29, 1.82) is 0 Å². The molecule has 1 heterocycles. The van der Waals surface area contributed by atoms with Gasteiger partial charge in [0.25, 0.3) is 0 Å². The molecule has 0 atom stereocenters. The second-order valence-electron chi connectivity index (χ2n) is 5.14. The molecule has 0 saturated carbocycles. The SMILES string of the molecule is CC(=O)Oc1cc2c(c([N+](=O)[O-])c1)OC(C)(C)CC2. The Labute approximate surface area is 110 Å². The van der Waals surface area contributed by atoms with Crippen molar-refractivity contribution < 1.29 is 19.2 Å². The standard InChI is InChI=1S/C13H15NO5/c1-8(15)18-10-6-9-4-5-13(2,3)19-12(9)11(7-10)14(16)17/h6-7H,4-5H2,1-3H3. The maximum atomic E-state index is 11.1. The van der Waals surface area contributed by atoms with E-state index in [0.717, 1.165) is 6.42 Å². The lowest BCUT2D eigenvalue weighted by Gasteiger charge is -2.32. The number of nitro groups is 1. The van der Waals surface area contributed by atoms with Gasteiger partial charge in [0.2, 0.25) is 5.75 Å². The van der Waals surface area contributed by atoms with E-state index in [1.807, 2.05) is 13.8 Å². The lowest BCUT2D eigenvalue weighted by Crippen LogP contribution is -2.33. The molecular weight excluding hydrogens is 250 g/mol. The molecule has 0 amide bonds. The number of esters is 1. The first-order chi connectivity index (χ1) is 8.78. The van der Waals surface area contributed by atoms with E-state index >= 15 is 0 Å². The Hall–Kier alpha value is -2.11. The van der Waals surface area contributed by atoms with Gasteiger partial charge in [-0.15, -0.1) is 0 Å². The number of carbonyl (C=O) groups is 1. The molecule has 19 heavy (non-hydrogen) atoms. The summed E-state index contributed by atoms with van der Waals surface area (Å²) in [6.07, 6.45) is 1.40. The van der Waals surface area contributed by atoms with Crippen molar-refractivity contribution in [1.82, 2.24) is 0 Å². The molecule has 6 nitrogen and oxygen atoms in total. The summed E-state index contributed by atoms with van der Waals surface area (Å²) in [5.74, 6) is -0.0512. The first-order valence-corrected chi connectivity index (χ1v) is 5.97. The molecule has 0 spiro atoms. The van der Waals surface area contributed by atoms with Crippen LogP contribution in [0.25, 0.3) is 0 Å². The van der Waals surface area contributed by atoms with Gasteiger partial charge in [0.15, 0.2) is 0 Å². The number of fused-ring (bicyclic) bond motifs is 1. The van der Waals surface area contributed by atoms with E-state index < -0.39 is 16.5 Å². The number of hydrogen-bond acceptors (Lipinski definition) is 5. The highest BCUT2D eigenvalue weighted by atomic mass is 16.6. The highest BCUT2D eigenvalue weighted by molar-refractivity contribution is 5.70. The van der Waals surface area contributed by atoms with Crippen molar-refractivity contribution in [2.75, 3.05) is 0 Å². The molecule has 0 unspecified atom stereocenters. The minimum atomic E-state index is -0.521. The van der Waals surface area contributed by atoms with E-state index in [0.29, 0.717) is 12.0 Å². The van der Waals surface area contributed by atoms with Crippen molar-refractivity contribution in [2.45, 2.75) is 39.2 Å². The van der Waals surface area contributed by atoms with Gasteiger partial charge < -0.3 is 9.47 Å². The topological polar surface area (TPSA) is 78.7 Å². The summed E-state index contributed by atoms with van der Waals surface area (Å²) in [5.41, 5.74) is 0.104. The third-order valence-electron chi connectivity index (χ3n) is 2.95. The number of nitro benzene ring substituents is 1. The smallest absolute Gasteiger partial charge is 0.314 e. The average Bonchev–Trinajstić information content (AvgIpc) is 2.26. The van der Waals surface area contributed by atoms with Crippen molar-refractivity contribution >= 4 is 11.7 Å². The predicted octanol–water partition coefficient (Wildman–Crippen LogP) is 2.62. The molecule has 0 aliphatic carbocycles. The normalized spacial score (nSPS) is 16.2. The van der Waals surface area contributed by atoms with Gasteiger partial charge in [-0.3, -0.25) is 14.9 Å². The van der Waals surface area contributed by atoms with Crippen LogP contribution in [0.15, 0.2) is 12.1 Å². The highest BCUT2D eigenvalue weighted by Crippen LogP contribution is 2.42. The molecule has 1 aromatic rings. The van der Waals surface area contributed by atoms with Gasteiger partial charge in [0, 0.05) is 12.5 Å². The maximum absolute atomic E-state index is 11.1. The Kier molecular flexibility index (Phi) is 3.18. The Bertz CT molecular complexity index is 550. The van der Waals surface area contributed by atoms with Crippen molar-refractivity contribution in [2.24, 2.45) is 0 Å². The third kappa shape index (κ3) is 2.83. The fourth-order valence-electron chi connectivity index (χ4n) is 2.07. The first kappa shape index (κ1) is 13.3. The minimum Gasteiger partial charge on any atom is -0.481 e. The number of hydrogen-bond donors (Lipinski definition) is 0. The zero-order valence-corrected chi connectivity index (χ0v) is 11.1. The largest absolute Gasteiger partial charge is 0.481 e. The van der Waals surface area contributed by atoms with E-state index in [2.05, 4.69) is 0 Å². The Morgan fingerprint density at radius 1 is 1.47 bits per heavy atom. The molecule has 0 N–H and O–H groups in total. The second kappa shape index (κ2) is 4.53. The Balaban J connectivity index is 2.50. The van der Waals surface area contributed by atoms with Crippen LogP contribution in [-0.2, 0) is 11.2 Å². The fraction of sp³-hybridized carbons (Fsp3) is 0.462. The first-order valence-electron chi connectivity index (χ1n) is 5.97. The molecule has 102 valence electrons. The second-order valence-corrected chi connectivity index (χ2v) is 5.14. The van der Waals surface area contributed by atoms with Crippen LogP contribution in [0.4, 0.5) is 5.69 Å². The monoisotopic (exact) mass is 265 g/mol. The van der Waals surface area contributed by atoms with Crippen LogP contribution in [0.2, 0.25) is 0 Å². The summed E-state index contributed by atoms with van der Waals surface area (Å²) < 4.78 is 10.6. The third-order valence-corrected chi connectivity index (χ3v) is 2.95. The molecule has 0 bridgehead atoms. The van der Waals surface area contributed by atoms with Crippen LogP contribution in [0.5, 0.6) is 11.5 Å². The van der Waals surface area contributed by atoms with Crippen LogP contribution >= 0.6 is 0 Å². The average molecular weight is 265 g/mol. The van der Waals surface area contributed by atoms with Crippen molar-refractivity contribution in [3.05, 3.63) is 27.8 Å². The number of ether oxygens (including phenoxy) is 2. The van der Waals surface area contributed by atoms with Crippen molar-refractivity contribution in [3.8, 4) is 11.5 Å². The van der Waals surface area contributed by atoms with E-state index in [1.165, 1.54) is 13.0 Å². The summed E-state index contributed by atoms with van der Waals surface area (Å²) >= 11 is 0. The van der Waals surface area contributed by atoms with Gasteiger partial charge in [-0.05, 0) is 32.8 Å². The molecule has 1 aromatic carbocycles. The predicted molar refractivity (Wildman–Crippen MR) is 67.4 cm³/mol. The minimum absolute atomic E-state index is 0.165. The van der Waals surface area contributed by atoms with Crippen LogP contribution in [0.3, 0.4) is 0 Å². The van der Waals surface area contributed by atoms with Gasteiger partial charge in [0.1, 0.15) is 11.4 Å². The van der Waals surface area contributed by atoms with Gasteiger partial charge in [-0.25, -0.2) is 0 Å². The Morgan fingerprint density at radius 3 is 2.74 bits per heavy atom. The van der Waals surface area contributed by atoms with Gasteiger partial charge in [-0.1, -0.05) is 0 Å². The lowest BCUT2D eigenvalue weighted by atomic mass is 9.93. The van der Waals surface area contributed by atoms with E-state index in [-0.39, 0.29) is 17.2 Å². The summed E-state index contributed by atoms with van der Waals surface area (Å²) in [6, 6.07) is 2.85. The number of rotatable bonds is 2. The number of nitrogens with zero attached hydrogens (tertiary/aromatic N) is 1. The molecule has 0 saturated heterocycles. The summed E-state index contributed by atoms with van der Waals surface area (Å²) in [4.78, 5) is 21.5. The fourth-order valence-corrected chi connectivity index (χ4v) is 2.07. The summed E-state index contributed by atoms with van der Waals surface area (Å²) in [7, 11) is 0. The summed E-state index contributed by atoms with van der Waals surface area (Å²) in [5, 5.41) is 11.1. The van der Waals surface area contributed by atoms with Gasteiger partial charge in [-0.2, -0.15) is 0 Å². The van der Waals surface area contributed by atoms with Crippen LogP contribution in [0.1, 0.15) is 32.8 Å². The van der Waals surface area contributed by atoms with Gasteiger partial charge >= 0.3 is 11.7 Å². The van der Waals surface area contributed by atoms with Gasteiger partial charge in [0.05, 0.1) is 11.0 Å². The van der Waals surface area contributed by atoms with Crippen molar-refractivity contribution in [3.63, 3.8) is 0 Å². The van der Waals surface area contributed by atoms with Crippen LogP contribution in [0, 0.1) is 10.1 Å². The molecular formula is C13H15NO5. The molecule has 6 heteroatoms. The highest BCUT2D eigenvalue weighted by Gasteiger charge is 2.33. The zero-order chi connectivity index (χ0) is 14.2. The van der Waals surface area contributed by atoms with E-state index in [1.54, 1.807) is 6.07 Å². The molecule has 0 radical (unpaired) electrons. The van der Waals surface area contributed by atoms with Crippen LogP contribution < -0.4 is 9.47 Å². The number of aryl methyl sites for hydroxylation is 1. The molecule has 2 rings (SSSR count). The van der Waals surface area contributed by atoms with E-state index in [9.17, 15) is 14.9 Å². The lowest BCUT2D eigenvalue weighted by molar-refractivity contribution is -0.386. The molecule has 0 fully saturated rings. The summed E-state index contributed by atoms with van der Waals surface area (Å²) in [6.45, 7) is 5.03. The Morgan fingerprint density at radius 2 is 2.16 bits per heavy atom. The molecule has 0 aromatic heterocycles.